The molecule has 6 heteroatoms. The van der Waals surface area contributed by atoms with Gasteiger partial charge in [0.15, 0.2) is 5.79 Å². The molecular formula is C19H30N2O4. The second-order valence-electron chi connectivity index (χ2n) is 7.62. The minimum Gasteiger partial charge on any atom is -0.366 e. The molecule has 25 heavy (non-hydrogen) atoms. The Balaban J connectivity index is 2.36. The van der Waals surface area contributed by atoms with Crippen LogP contribution in [0.1, 0.15) is 51.4 Å². The summed E-state index contributed by atoms with van der Waals surface area (Å²) in [7, 11) is 0. The summed E-state index contributed by atoms with van der Waals surface area (Å²) in [5.41, 5.74) is 0.186. The zero-order valence-electron chi connectivity index (χ0n) is 15.8. The number of aliphatic hydroxyl groups is 1. The molecule has 0 radical (unpaired) electrons. The Morgan fingerprint density at radius 3 is 2.32 bits per heavy atom. The van der Waals surface area contributed by atoms with Crippen LogP contribution in [-0.4, -0.2) is 41.9 Å². The zero-order chi connectivity index (χ0) is 19.1. The molecule has 6 nitrogen and oxygen atoms in total. The molecular weight excluding hydrogens is 320 g/mol. The summed E-state index contributed by atoms with van der Waals surface area (Å²) in [4.78, 5) is 24.1. The molecule has 0 aliphatic heterocycles. The molecule has 0 heterocycles. The number of rotatable bonds is 9. The summed E-state index contributed by atoms with van der Waals surface area (Å²) in [6, 6.07) is 8.76. The molecule has 1 atom stereocenters. The lowest BCUT2D eigenvalue weighted by molar-refractivity contribution is -0.192. The number of carbonyl (C=O) groups excluding carboxylic acids is 2. The molecule has 1 rings (SSSR count). The van der Waals surface area contributed by atoms with Gasteiger partial charge in [-0.2, -0.15) is 0 Å². The highest BCUT2D eigenvalue weighted by Crippen LogP contribution is 2.22. The zero-order valence-corrected chi connectivity index (χ0v) is 15.8. The molecule has 0 unspecified atom stereocenters. The van der Waals surface area contributed by atoms with E-state index >= 15 is 0 Å². The topological polar surface area (TPSA) is 87.7 Å². The maximum Gasteiger partial charge on any atom is 0.251 e. The Labute approximate surface area is 150 Å². The van der Waals surface area contributed by atoms with E-state index in [0.717, 1.165) is 0 Å². The number of benzene rings is 1. The first-order chi connectivity index (χ1) is 11.5. The van der Waals surface area contributed by atoms with Gasteiger partial charge in [-0.25, -0.2) is 0 Å². The van der Waals surface area contributed by atoms with Gasteiger partial charge in [-0.15, -0.1) is 0 Å². The molecule has 0 aliphatic rings. The molecule has 3 N–H and O–H groups in total. The average Bonchev–Trinajstić information content (AvgIpc) is 2.51. The van der Waals surface area contributed by atoms with Crippen molar-refractivity contribution in [2.75, 3.05) is 13.2 Å². The molecule has 0 aliphatic carbocycles. The number of amides is 2. The van der Waals surface area contributed by atoms with E-state index in [9.17, 15) is 14.7 Å². The first-order valence-electron chi connectivity index (χ1n) is 8.47. The molecule has 1 aromatic rings. The Morgan fingerprint density at radius 1 is 1.16 bits per heavy atom. The highest BCUT2D eigenvalue weighted by Gasteiger charge is 2.26. The molecule has 0 saturated carbocycles. The summed E-state index contributed by atoms with van der Waals surface area (Å²) >= 11 is 0. The third-order valence-corrected chi connectivity index (χ3v) is 3.47. The third kappa shape index (κ3) is 9.22. The summed E-state index contributed by atoms with van der Waals surface area (Å²) in [5.74, 6) is -1.50. The predicted molar refractivity (Wildman–Crippen MR) is 97.0 cm³/mol. The van der Waals surface area contributed by atoms with Gasteiger partial charge in [0, 0.05) is 24.6 Å². The highest BCUT2D eigenvalue weighted by atomic mass is 16.6. The summed E-state index contributed by atoms with van der Waals surface area (Å²) in [6.45, 7) is 9.37. The van der Waals surface area contributed by atoms with Crippen molar-refractivity contribution in [1.82, 2.24) is 10.6 Å². The second-order valence-corrected chi connectivity index (χ2v) is 7.62. The smallest absolute Gasteiger partial charge is 0.251 e. The van der Waals surface area contributed by atoms with E-state index in [-0.39, 0.29) is 30.9 Å². The second kappa shape index (κ2) is 8.97. The normalized spacial score (nSPS) is 13.2. The van der Waals surface area contributed by atoms with Crippen molar-refractivity contribution in [3.8, 4) is 0 Å². The third-order valence-electron chi connectivity index (χ3n) is 3.47. The van der Waals surface area contributed by atoms with Crippen molar-refractivity contribution in [3.63, 3.8) is 0 Å². The molecule has 1 aromatic carbocycles. The fraction of sp³-hybridized carbons (Fsp3) is 0.579. The summed E-state index contributed by atoms with van der Waals surface area (Å²) < 4.78 is 5.34. The van der Waals surface area contributed by atoms with E-state index in [1.165, 1.54) is 0 Å². The maximum atomic E-state index is 12.1. The van der Waals surface area contributed by atoms with E-state index in [1.54, 1.807) is 38.1 Å². The van der Waals surface area contributed by atoms with Gasteiger partial charge < -0.3 is 20.5 Å². The van der Waals surface area contributed by atoms with Gasteiger partial charge in [0.25, 0.3) is 5.91 Å². The number of ether oxygens (including phenoxy) is 1. The minimum atomic E-state index is -1.22. The quantitative estimate of drug-likeness (QED) is 0.595. The van der Waals surface area contributed by atoms with Gasteiger partial charge in [-0.1, -0.05) is 32.0 Å². The van der Waals surface area contributed by atoms with Gasteiger partial charge in [0.05, 0.1) is 6.61 Å². The van der Waals surface area contributed by atoms with Crippen LogP contribution in [0.25, 0.3) is 0 Å². The van der Waals surface area contributed by atoms with E-state index in [4.69, 9.17) is 4.74 Å². The Kier molecular flexibility index (Phi) is 7.58. The van der Waals surface area contributed by atoms with Crippen molar-refractivity contribution in [3.05, 3.63) is 35.9 Å². The van der Waals surface area contributed by atoms with Crippen LogP contribution < -0.4 is 10.6 Å². The fourth-order valence-corrected chi connectivity index (χ4v) is 2.13. The van der Waals surface area contributed by atoms with Gasteiger partial charge in [0.1, 0.15) is 0 Å². The summed E-state index contributed by atoms with van der Waals surface area (Å²) in [5, 5.41) is 15.3. The number of nitrogens with one attached hydrogen (secondary N) is 2. The molecule has 2 amide bonds. The Bertz CT molecular complexity index is 565. The van der Waals surface area contributed by atoms with Gasteiger partial charge in [-0.05, 0) is 38.3 Å². The van der Waals surface area contributed by atoms with Crippen molar-refractivity contribution in [1.29, 1.82) is 0 Å². The lowest BCUT2D eigenvalue weighted by atomic mass is 9.90. The minimum absolute atomic E-state index is 0.120. The van der Waals surface area contributed by atoms with Crippen LogP contribution in [0.4, 0.5) is 0 Å². The van der Waals surface area contributed by atoms with Crippen molar-refractivity contribution in [2.24, 2.45) is 5.41 Å². The molecule has 0 aromatic heterocycles. The maximum absolute atomic E-state index is 12.1. The Morgan fingerprint density at radius 2 is 1.76 bits per heavy atom. The molecule has 0 fully saturated rings. The van der Waals surface area contributed by atoms with Crippen LogP contribution >= 0.6 is 0 Å². The lowest BCUT2D eigenvalue weighted by Gasteiger charge is -2.28. The molecule has 140 valence electrons. The predicted octanol–water partition coefficient (Wildman–Crippen LogP) is 2.08. The number of hydrogen-bond acceptors (Lipinski definition) is 4. The van der Waals surface area contributed by atoms with Gasteiger partial charge in [-0.3, -0.25) is 9.59 Å². The fourth-order valence-electron chi connectivity index (χ4n) is 2.13. The standard InChI is InChI=1S/C19H30N2O4/c1-14(21-17(23)15-9-7-6-8-10-15)12-20-16(22)11-18(2,3)13-25-19(4,5)24/h6-10,14,24H,11-13H2,1-5H3,(H,20,22)(H,21,23)/t14-/m0/s1. The van der Waals surface area contributed by atoms with E-state index in [2.05, 4.69) is 10.6 Å². The van der Waals surface area contributed by atoms with Crippen LogP contribution in [-0.2, 0) is 9.53 Å². The lowest BCUT2D eigenvalue weighted by Crippen LogP contribution is -2.43. The Hall–Kier alpha value is -1.92. The van der Waals surface area contributed by atoms with E-state index in [1.807, 2.05) is 26.8 Å². The van der Waals surface area contributed by atoms with Crippen molar-refractivity contribution in [2.45, 2.75) is 52.9 Å². The first-order valence-corrected chi connectivity index (χ1v) is 8.47. The van der Waals surface area contributed by atoms with Crippen molar-refractivity contribution >= 4 is 11.8 Å². The van der Waals surface area contributed by atoms with Crippen LogP contribution in [0.15, 0.2) is 30.3 Å². The SMILES string of the molecule is C[C@@H](CNC(=O)CC(C)(C)COC(C)(C)O)NC(=O)c1ccccc1. The van der Waals surface area contributed by atoms with Gasteiger partial charge >= 0.3 is 0 Å². The van der Waals surface area contributed by atoms with Gasteiger partial charge in [0.2, 0.25) is 5.91 Å². The van der Waals surface area contributed by atoms with E-state index in [0.29, 0.717) is 12.1 Å². The van der Waals surface area contributed by atoms with Crippen LogP contribution in [0.3, 0.4) is 0 Å². The first kappa shape index (κ1) is 21.1. The molecule has 0 spiro atoms. The van der Waals surface area contributed by atoms with Crippen LogP contribution in [0.2, 0.25) is 0 Å². The van der Waals surface area contributed by atoms with Crippen LogP contribution in [0.5, 0.6) is 0 Å². The number of carbonyl (C=O) groups is 2. The largest absolute Gasteiger partial charge is 0.366 e. The number of hydrogen-bond donors (Lipinski definition) is 3. The van der Waals surface area contributed by atoms with Crippen molar-refractivity contribution < 1.29 is 19.4 Å². The van der Waals surface area contributed by atoms with E-state index < -0.39 is 11.2 Å². The monoisotopic (exact) mass is 350 g/mol. The molecule has 0 bridgehead atoms. The average molecular weight is 350 g/mol. The summed E-state index contributed by atoms with van der Waals surface area (Å²) in [6.07, 6.45) is 0.266. The van der Waals surface area contributed by atoms with Crippen LogP contribution in [0, 0.1) is 5.41 Å². The molecule has 0 saturated heterocycles. The highest BCUT2D eigenvalue weighted by molar-refractivity contribution is 5.94.